The molecular weight excluding hydrogens is 500 g/mol. The van der Waals surface area contributed by atoms with E-state index in [1.54, 1.807) is 48.5 Å². The van der Waals surface area contributed by atoms with E-state index in [0.717, 1.165) is 22.9 Å². The molecular formula is C34H26N2O4. The summed E-state index contributed by atoms with van der Waals surface area (Å²) in [5.74, 6) is 1.73. The van der Waals surface area contributed by atoms with E-state index in [0.29, 0.717) is 34.5 Å². The minimum atomic E-state index is -0.315. The Hall–Kier alpha value is -4.71. The molecule has 1 saturated heterocycles. The number of allylic oxidation sites excluding steroid dienone is 2. The molecule has 4 aliphatic carbocycles. The molecule has 1 N–H and O–H groups in total. The van der Waals surface area contributed by atoms with Crippen molar-refractivity contribution < 1.29 is 19.1 Å². The van der Waals surface area contributed by atoms with Gasteiger partial charge in [0.25, 0.3) is 5.91 Å². The third-order valence-corrected chi connectivity index (χ3v) is 9.10. The Morgan fingerprint density at radius 2 is 1.40 bits per heavy atom. The van der Waals surface area contributed by atoms with Gasteiger partial charge in [-0.3, -0.25) is 14.4 Å². The zero-order valence-electron chi connectivity index (χ0n) is 21.6. The fourth-order valence-corrected chi connectivity index (χ4v) is 7.17. The van der Waals surface area contributed by atoms with Crippen LogP contribution in [0, 0.1) is 35.5 Å². The maximum Gasteiger partial charge on any atom is 0.255 e. The molecule has 4 aromatic carbocycles. The molecule has 0 aromatic heterocycles. The number of carbonyl (C=O) groups is 3. The molecule has 40 heavy (non-hydrogen) atoms. The summed E-state index contributed by atoms with van der Waals surface area (Å²) in [5, 5.41) is 5.15. The van der Waals surface area contributed by atoms with E-state index in [1.807, 2.05) is 36.4 Å². The summed E-state index contributed by atoms with van der Waals surface area (Å²) in [6.07, 6.45) is 5.45. The van der Waals surface area contributed by atoms with Crippen LogP contribution in [0.3, 0.4) is 0 Å². The summed E-state index contributed by atoms with van der Waals surface area (Å²) < 4.78 is 6.01. The zero-order chi connectivity index (χ0) is 27.0. The average molecular weight is 527 g/mol. The van der Waals surface area contributed by atoms with E-state index in [2.05, 4.69) is 23.5 Å². The number of benzene rings is 4. The smallest absolute Gasteiger partial charge is 0.255 e. The van der Waals surface area contributed by atoms with Gasteiger partial charge >= 0.3 is 0 Å². The van der Waals surface area contributed by atoms with Gasteiger partial charge in [-0.1, -0.05) is 48.6 Å². The number of nitrogens with zero attached hydrogens (tertiary/aromatic N) is 1. The van der Waals surface area contributed by atoms with Crippen molar-refractivity contribution in [3.05, 3.63) is 109 Å². The number of nitrogens with one attached hydrogen (secondary N) is 1. The molecule has 0 spiro atoms. The summed E-state index contributed by atoms with van der Waals surface area (Å²) in [7, 11) is 0. The Bertz CT molecular complexity index is 1710. The van der Waals surface area contributed by atoms with Gasteiger partial charge < -0.3 is 10.1 Å². The Morgan fingerprint density at radius 3 is 2.12 bits per heavy atom. The number of ether oxygens (including phenoxy) is 1. The van der Waals surface area contributed by atoms with Crippen LogP contribution in [0.25, 0.3) is 10.8 Å². The predicted octanol–water partition coefficient (Wildman–Crippen LogP) is 6.44. The number of fused-ring (bicyclic) bond motifs is 1. The molecule has 6 heteroatoms. The second kappa shape index (κ2) is 8.65. The summed E-state index contributed by atoms with van der Waals surface area (Å²) in [5.41, 5.74) is 1.46. The minimum absolute atomic E-state index is 0.126. The normalized spacial score (nSPS) is 27.4. The summed E-state index contributed by atoms with van der Waals surface area (Å²) in [4.78, 5) is 41.4. The van der Waals surface area contributed by atoms with Gasteiger partial charge in [-0.25, -0.2) is 4.90 Å². The lowest BCUT2D eigenvalue weighted by atomic mass is 9.63. The molecule has 0 radical (unpaired) electrons. The Labute approximate surface area is 231 Å². The van der Waals surface area contributed by atoms with E-state index in [1.165, 1.54) is 4.90 Å². The highest BCUT2D eigenvalue weighted by Gasteiger charge is 2.67. The van der Waals surface area contributed by atoms with Crippen molar-refractivity contribution in [3.8, 4) is 11.5 Å². The van der Waals surface area contributed by atoms with Crippen LogP contribution in [-0.2, 0) is 9.59 Å². The summed E-state index contributed by atoms with van der Waals surface area (Å²) in [6.45, 7) is 0. The van der Waals surface area contributed by atoms with E-state index < -0.39 is 0 Å². The highest BCUT2D eigenvalue weighted by molar-refractivity contribution is 6.23. The fraction of sp³-hybridized carbons (Fsp3) is 0.206. The molecule has 3 fully saturated rings. The van der Waals surface area contributed by atoms with Crippen molar-refractivity contribution in [1.82, 2.24) is 0 Å². The van der Waals surface area contributed by atoms with Crippen LogP contribution >= 0.6 is 0 Å². The van der Waals surface area contributed by atoms with Gasteiger partial charge in [-0.15, -0.1) is 0 Å². The first-order valence-electron chi connectivity index (χ1n) is 13.8. The van der Waals surface area contributed by atoms with Crippen LogP contribution in [0.2, 0.25) is 0 Å². The van der Waals surface area contributed by atoms with Crippen molar-refractivity contribution >= 4 is 39.9 Å². The molecule has 9 rings (SSSR count). The highest BCUT2D eigenvalue weighted by atomic mass is 16.5. The lowest BCUT2D eigenvalue weighted by molar-refractivity contribution is -0.124. The number of rotatable bonds is 5. The van der Waals surface area contributed by atoms with E-state index in [9.17, 15) is 14.4 Å². The number of hydrogen-bond donors (Lipinski definition) is 1. The lowest BCUT2D eigenvalue weighted by Crippen LogP contribution is -2.40. The van der Waals surface area contributed by atoms with Gasteiger partial charge in [0, 0.05) is 11.3 Å². The maximum atomic E-state index is 13.5. The average Bonchev–Trinajstić information content (AvgIpc) is 3.76. The van der Waals surface area contributed by atoms with Crippen molar-refractivity contribution in [2.45, 2.75) is 6.42 Å². The van der Waals surface area contributed by atoms with Crippen LogP contribution in [0.1, 0.15) is 16.8 Å². The highest BCUT2D eigenvalue weighted by Crippen LogP contribution is 2.65. The Morgan fingerprint density at radius 1 is 0.725 bits per heavy atom. The van der Waals surface area contributed by atoms with Crippen molar-refractivity contribution in [2.24, 2.45) is 35.5 Å². The standard InChI is InChI=1S/C34H26N2O4/c37-32(35-22-9-12-24(13-10-22)40-25-11-8-19-4-1-2-5-20(19)17-25)21-6-3-7-23(16-21)36-33(38)30-26-14-15-27(29-18-28(26)29)31(30)34(36)39/h1-17,26-31H,18H2,(H,35,37)/t26-,27+,28-,29-,30+,31+/m1/s1. The van der Waals surface area contributed by atoms with Crippen LogP contribution in [-0.4, -0.2) is 17.7 Å². The molecule has 196 valence electrons. The second-order valence-corrected chi connectivity index (χ2v) is 11.3. The summed E-state index contributed by atoms with van der Waals surface area (Å²) in [6, 6.07) is 28.0. The number of hydrogen-bond acceptors (Lipinski definition) is 4. The fourth-order valence-electron chi connectivity index (χ4n) is 7.17. The third kappa shape index (κ3) is 3.59. The molecule has 1 aliphatic heterocycles. The number of imide groups is 1. The molecule has 6 atom stereocenters. The lowest BCUT2D eigenvalue weighted by Gasteiger charge is -2.37. The number of amides is 3. The minimum Gasteiger partial charge on any atom is -0.457 e. The van der Waals surface area contributed by atoms with E-state index in [-0.39, 0.29) is 41.4 Å². The zero-order valence-corrected chi connectivity index (χ0v) is 21.6. The van der Waals surface area contributed by atoms with Gasteiger partial charge in [0.05, 0.1) is 17.5 Å². The van der Waals surface area contributed by atoms with Gasteiger partial charge in [0.1, 0.15) is 11.5 Å². The largest absolute Gasteiger partial charge is 0.457 e. The Kier molecular flexibility index (Phi) is 5.02. The third-order valence-electron chi connectivity index (χ3n) is 9.10. The van der Waals surface area contributed by atoms with Crippen LogP contribution in [0.5, 0.6) is 11.5 Å². The SMILES string of the molecule is O=C(Nc1ccc(Oc2ccc3ccccc3c2)cc1)c1cccc(N2C(=O)[C@H]3[C@@H]4C=C[C@@H]([C@H]5C[C@H]45)[C@@H]3C2=O)c1. The molecule has 1 heterocycles. The Balaban J connectivity index is 0.971. The van der Waals surface area contributed by atoms with Crippen molar-refractivity contribution in [2.75, 3.05) is 10.2 Å². The molecule has 2 saturated carbocycles. The topological polar surface area (TPSA) is 75.7 Å². The van der Waals surface area contributed by atoms with Crippen molar-refractivity contribution in [3.63, 3.8) is 0 Å². The first-order valence-corrected chi connectivity index (χ1v) is 13.8. The van der Waals surface area contributed by atoms with Crippen LogP contribution in [0.15, 0.2) is 103 Å². The summed E-state index contributed by atoms with van der Waals surface area (Å²) >= 11 is 0. The molecule has 0 unspecified atom stereocenters. The first kappa shape index (κ1) is 23.2. The van der Waals surface area contributed by atoms with Gasteiger partial charge in [0.2, 0.25) is 11.8 Å². The van der Waals surface area contributed by atoms with Crippen LogP contribution < -0.4 is 15.0 Å². The van der Waals surface area contributed by atoms with Crippen molar-refractivity contribution in [1.29, 1.82) is 0 Å². The molecule has 5 aliphatic rings. The van der Waals surface area contributed by atoms with Gasteiger partial charge in [-0.05, 0) is 95.5 Å². The molecule has 2 bridgehead atoms. The monoisotopic (exact) mass is 526 g/mol. The van der Waals surface area contributed by atoms with Gasteiger partial charge in [0.15, 0.2) is 0 Å². The van der Waals surface area contributed by atoms with E-state index >= 15 is 0 Å². The predicted molar refractivity (Wildman–Crippen MR) is 152 cm³/mol. The maximum absolute atomic E-state index is 13.5. The second-order valence-electron chi connectivity index (χ2n) is 11.3. The van der Waals surface area contributed by atoms with Gasteiger partial charge in [-0.2, -0.15) is 0 Å². The molecule has 6 nitrogen and oxygen atoms in total. The number of carbonyl (C=O) groups excluding carboxylic acids is 3. The number of anilines is 2. The van der Waals surface area contributed by atoms with Crippen LogP contribution in [0.4, 0.5) is 11.4 Å². The molecule has 3 amide bonds. The van der Waals surface area contributed by atoms with E-state index in [4.69, 9.17) is 4.74 Å². The quantitative estimate of drug-likeness (QED) is 0.240. The first-order chi connectivity index (χ1) is 19.5. The molecule has 4 aromatic rings.